The molecule has 0 aromatic heterocycles. The van der Waals surface area contributed by atoms with Gasteiger partial charge in [-0.1, -0.05) is 48.5 Å². The van der Waals surface area contributed by atoms with E-state index in [-0.39, 0.29) is 18.8 Å². The van der Waals surface area contributed by atoms with E-state index in [1.165, 1.54) is 11.1 Å². The molecule has 4 heteroatoms. The number of hydrogen-bond donors (Lipinski definition) is 2. The predicted octanol–water partition coefficient (Wildman–Crippen LogP) is 4.37. The molecule has 2 N–H and O–H groups in total. The molecule has 0 spiro atoms. The molecule has 2 rings (SSSR count). The number of anilines is 1. The molecule has 0 bridgehead atoms. The summed E-state index contributed by atoms with van der Waals surface area (Å²) >= 11 is 0. The summed E-state index contributed by atoms with van der Waals surface area (Å²) in [5.74, 6) is -0.723. The second-order valence-electron chi connectivity index (χ2n) is 5.10. The number of rotatable bonds is 8. The summed E-state index contributed by atoms with van der Waals surface area (Å²) in [5.41, 5.74) is 3.69. The molecular weight excluding hydrogens is 298 g/mol. The molecule has 0 amide bonds. The molecule has 0 atom stereocenters. The fraction of sp³-hybridized carbons (Fsp3) is 0.278. The molecule has 0 fully saturated rings. The van der Waals surface area contributed by atoms with Crippen molar-refractivity contribution in [2.45, 2.75) is 25.7 Å². The number of benzene rings is 2. The molecule has 2 aromatic rings. The Balaban J connectivity index is 0.00000242. The lowest BCUT2D eigenvalue weighted by Gasteiger charge is -2.12. The van der Waals surface area contributed by atoms with Gasteiger partial charge in [-0.25, -0.2) is 0 Å². The van der Waals surface area contributed by atoms with Crippen molar-refractivity contribution in [1.29, 1.82) is 0 Å². The Bertz CT molecular complexity index is 572. The van der Waals surface area contributed by atoms with Crippen LogP contribution >= 0.6 is 12.4 Å². The van der Waals surface area contributed by atoms with Crippen molar-refractivity contribution in [2.24, 2.45) is 0 Å². The number of halogens is 1. The Labute approximate surface area is 137 Å². The van der Waals surface area contributed by atoms with E-state index in [9.17, 15) is 4.79 Å². The van der Waals surface area contributed by atoms with Crippen LogP contribution in [0.3, 0.4) is 0 Å². The number of para-hydroxylation sites is 1. The smallest absolute Gasteiger partial charge is 0.303 e. The van der Waals surface area contributed by atoms with Gasteiger partial charge in [0.1, 0.15) is 0 Å². The Morgan fingerprint density at radius 2 is 1.64 bits per heavy atom. The quantitative estimate of drug-likeness (QED) is 0.710. The predicted molar refractivity (Wildman–Crippen MR) is 92.9 cm³/mol. The first-order valence-corrected chi connectivity index (χ1v) is 7.33. The zero-order chi connectivity index (χ0) is 14.9. The highest BCUT2D eigenvalue weighted by Crippen LogP contribution is 2.19. The summed E-state index contributed by atoms with van der Waals surface area (Å²) in [6.45, 7) is 0.805. The monoisotopic (exact) mass is 319 g/mol. The number of carbonyl (C=O) groups is 1. The molecule has 0 aliphatic carbocycles. The largest absolute Gasteiger partial charge is 0.481 e. The summed E-state index contributed by atoms with van der Waals surface area (Å²) in [7, 11) is 0. The van der Waals surface area contributed by atoms with Crippen LogP contribution < -0.4 is 5.32 Å². The van der Waals surface area contributed by atoms with E-state index in [1.807, 2.05) is 18.2 Å². The minimum absolute atomic E-state index is 0. The zero-order valence-corrected chi connectivity index (χ0v) is 13.3. The number of aliphatic carboxylic acids is 1. The van der Waals surface area contributed by atoms with Crippen LogP contribution in [0.25, 0.3) is 0 Å². The zero-order valence-electron chi connectivity index (χ0n) is 12.5. The normalized spacial score (nSPS) is 9.82. The molecular formula is C18H22ClNO2. The Morgan fingerprint density at radius 1 is 0.955 bits per heavy atom. The maximum absolute atomic E-state index is 10.5. The van der Waals surface area contributed by atoms with Gasteiger partial charge in [0, 0.05) is 18.7 Å². The van der Waals surface area contributed by atoms with Crippen molar-refractivity contribution in [1.82, 2.24) is 0 Å². The maximum atomic E-state index is 10.5. The van der Waals surface area contributed by atoms with Crippen LogP contribution in [-0.2, 0) is 11.2 Å². The Hall–Kier alpha value is -2.00. The molecule has 0 saturated carbocycles. The van der Waals surface area contributed by atoms with Gasteiger partial charge in [-0.15, -0.1) is 12.4 Å². The molecule has 0 saturated heterocycles. The second-order valence-corrected chi connectivity index (χ2v) is 5.10. The van der Waals surface area contributed by atoms with Gasteiger partial charge >= 0.3 is 5.97 Å². The standard InChI is InChI=1S/C18H21NO2.ClH/c20-18(21)12-6-7-13-19-17-11-5-4-10-16(17)14-15-8-2-1-3-9-15;/h1-5,8-11,19H,6-7,12-14H2,(H,20,21);1H. The van der Waals surface area contributed by atoms with Crippen LogP contribution in [0.5, 0.6) is 0 Å². The lowest BCUT2D eigenvalue weighted by atomic mass is 10.0. The van der Waals surface area contributed by atoms with Crippen molar-refractivity contribution < 1.29 is 9.90 Å². The van der Waals surface area contributed by atoms with E-state index in [2.05, 4.69) is 41.7 Å². The summed E-state index contributed by atoms with van der Waals surface area (Å²) in [6.07, 6.45) is 2.72. The van der Waals surface area contributed by atoms with E-state index in [1.54, 1.807) is 0 Å². The summed E-state index contributed by atoms with van der Waals surface area (Å²) in [4.78, 5) is 10.5. The first-order chi connectivity index (χ1) is 10.3. The van der Waals surface area contributed by atoms with E-state index in [4.69, 9.17) is 5.11 Å². The molecule has 0 unspecified atom stereocenters. The first-order valence-electron chi connectivity index (χ1n) is 7.33. The van der Waals surface area contributed by atoms with Crippen LogP contribution in [0.4, 0.5) is 5.69 Å². The van der Waals surface area contributed by atoms with E-state index in [0.29, 0.717) is 6.42 Å². The van der Waals surface area contributed by atoms with Crippen LogP contribution in [0.2, 0.25) is 0 Å². The van der Waals surface area contributed by atoms with Gasteiger partial charge in [0.2, 0.25) is 0 Å². The molecule has 22 heavy (non-hydrogen) atoms. The van der Waals surface area contributed by atoms with Crippen molar-refractivity contribution in [3.05, 3.63) is 65.7 Å². The molecule has 0 heterocycles. The van der Waals surface area contributed by atoms with Crippen LogP contribution in [0, 0.1) is 0 Å². The maximum Gasteiger partial charge on any atom is 0.303 e. The fourth-order valence-electron chi connectivity index (χ4n) is 2.29. The molecule has 2 aromatic carbocycles. The summed E-state index contributed by atoms with van der Waals surface area (Å²) in [5, 5.41) is 12.0. The van der Waals surface area contributed by atoms with Crippen LogP contribution in [0.15, 0.2) is 54.6 Å². The Kier molecular flexibility index (Phi) is 8.08. The number of unbranched alkanes of at least 4 members (excludes halogenated alkanes) is 1. The lowest BCUT2D eigenvalue weighted by Crippen LogP contribution is -2.05. The third-order valence-corrected chi connectivity index (χ3v) is 3.39. The highest BCUT2D eigenvalue weighted by molar-refractivity contribution is 5.85. The Morgan fingerprint density at radius 3 is 2.36 bits per heavy atom. The van der Waals surface area contributed by atoms with Gasteiger partial charge in [0.25, 0.3) is 0 Å². The van der Waals surface area contributed by atoms with Gasteiger partial charge < -0.3 is 10.4 Å². The van der Waals surface area contributed by atoms with Crippen LogP contribution in [-0.4, -0.2) is 17.6 Å². The van der Waals surface area contributed by atoms with E-state index >= 15 is 0 Å². The van der Waals surface area contributed by atoms with Crippen molar-refractivity contribution in [3.8, 4) is 0 Å². The first kappa shape index (κ1) is 18.1. The minimum atomic E-state index is -0.723. The molecule has 0 aliphatic rings. The second kappa shape index (κ2) is 9.85. The highest BCUT2D eigenvalue weighted by atomic mass is 35.5. The number of hydrogen-bond acceptors (Lipinski definition) is 2. The highest BCUT2D eigenvalue weighted by Gasteiger charge is 2.03. The van der Waals surface area contributed by atoms with Gasteiger partial charge in [0.05, 0.1) is 0 Å². The minimum Gasteiger partial charge on any atom is -0.481 e. The van der Waals surface area contributed by atoms with Crippen LogP contribution in [0.1, 0.15) is 30.4 Å². The van der Waals surface area contributed by atoms with E-state index in [0.717, 1.165) is 25.1 Å². The van der Waals surface area contributed by atoms with Crippen molar-refractivity contribution in [3.63, 3.8) is 0 Å². The van der Waals surface area contributed by atoms with Gasteiger partial charge in [0.15, 0.2) is 0 Å². The third kappa shape index (κ3) is 6.19. The number of carboxylic acids is 1. The lowest BCUT2D eigenvalue weighted by molar-refractivity contribution is -0.137. The SMILES string of the molecule is Cl.O=C(O)CCCCNc1ccccc1Cc1ccccc1. The third-order valence-electron chi connectivity index (χ3n) is 3.39. The molecule has 3 nitrogen and oxygen atoms in total. The summed E-state index contributed by atoms with van der Waals surface area (Å²) < 4.78 is 0. The van der Waals surface area contributed by atoms with E-state index < -0.39 is 5.97 Å². The molecule has 0 aliphatic heterocycles. The molecule has 118 valence electrons. The topological polar surface area (TPSA) is 49.3 Å². The number of carboxylic acid groups (broad SMARTS) is 1. The van der Waals surface area contributed by atoms with Crippen molar-refractivity contribution >= 4 is 24.1 Å². The number of nitrogens with one attached hydrogen (secondary N) is 1. The average molecular weight is 320 g/mol. The van der Waals surface area contributed by atoms with Gasteiger partial charge in [-0.05, 0) is 36.5 Å². The van der Waals surface area contributed by atoms with Gasteiger partial charge in [-0.2, -0.15) is 0 Å². The summed E-state index contributed by atoms with van der Waals surface area (Å²) in [6, 6.07) is 18.7. The van der Waals surface area contributed by atoms with Gasteiger partial charge in [-0.3, -0.25) is 4.79 Å². The average Bonchev–Trinajstić information content (AvgIpc) is 2.49. The fourth-order valence-corrected chi connectivity index (χ4v) is 2.29. The molecule has 0 radical (unpaired) electrons. The van der Waals surface area contributed by atoms with Crippen molar-refractivity contribution in [2.75, 3.05) is 11.9 Å².